The van der Waals surface area contributed by atoms with Gasteiger partial charge in [-0.3, -0.25) is 9.52 Å². The molecule has 0 aliphatic heterocycles. The molecule has 0 spiro atoms. The largest absolute Gasteiger partial charge is 0.469 e. The Morgan fingerprint density at radius 2 is 2.24 bits per heavy atom. The summed E-state index contributed by atoms with van der Waals surface area (Å²) >= 11 is 1.02. The van der Waals surface area contributed by atoms with Gasteiger partial charge in [-0.05, 0) is 18.2 Å². The average Bonchev–Trinajstić information content (AvgIpc) is 2.85. The van der Waals surface area contributed by atoms with Crippen molar-refractivity contribution < 1.29 is 22.3 Å². The van der Waals surface area contributed by atoms with E-state index in [0.717, 1.165) is 23.5 Å². The van der Waals surface area contributed by atoms with Gasteiger partial charge < -0.3 is 4.74 Å². The van der Waals surface area contributed by atoms with Crippen LogP contribution < -0.4 is 4.72 Å². The van der Waals surface area contributed by atoms with Crippen LogP contribution in [0.2, 0.25) is 0 Å². The van der Waals surface area contributed by atoms with E-state index in [-0.39, 0.29) is 16.4 Å². The first kappa shape index (κ1) is 15.4. The Morgan fingerprint density at radius 3 is 2.90 bits per heavy atom. The van der Waals surface area contributed by atoms with E-state index in [0.29, 0.717) is 5.69 Å². The molecule has 0 aliphatic carbocycles. The zero-order valence-electron chi connectivity index (χ0n) is 10.9. The number of hydrogen-bond donors (Lipinski definition) is 1. The molecule has 6 nitrogen and oxygen atoms in total. The maximum Gasteiger partial charge on any atom is 0.311 e. The van der Waals surface area contributed by atoms with Crippen LogP contribution in [0, 0.1) is 5.82 Å². The van der Waals surface area contributed by atoms with Gasteiger partial charge in [0.15, 0.2) is 5.13 Å². The molecule has 0 bridgehead atoms. The van der Waals surface area contributed by atoms with Crippen LogP contribution in [0.15, 0.2) is 34.5 Å². The van der Waals surface area contributed by atoms with Gasteiger partial charge in [0, 0.05) is 5.38 Å². The third kappa shape index (κ3) is 3.99. The number of aromatic nitrogens is 1. The Morgan fingerprint density at radius 1 is 1.48 bits per heavy atom. The van der Waals surface area contributed by atoms with Gasteiger partial charge in [-0.2, -0.15) is 0 Å². The van der Waals surface area contributed by atoms with Crippen molar-refractivity contribution >= 4 is 32.5 Å². The summed E-state index contributed by atoms with van der Waals surface area (Å²) in [6.07, 6.45) is -0.0469. The van der Waals surface area contributed by atoms with Crippen molar-refractivity contribution in [2.45, 2.75) is 11.3 Å². The van der Waals surface area contributed by atoms with Crippen molar-refractivity contribution in [3.8, 4) is 0 Å². The van der Waals surface area contributed by atoms with Crippen LogP contribution in [0.5, 0.6) is 0 Å². The summed E-state index contributed by atoms with van der Waals surface area (Å²) in [6, 6.07) is 4.63. The molecular formula is C12H11FN2O4S2. The predicted molar refractivity (Wildman–Crippen MR) is 75.0 cm³/mol. The van der Waals surface area contributed by atoms with Crippen LogP contribution in [0.3, 0.4) is 0 Å². The van der Waals surface area contributed by atoms with Gasteiger partial charge >= 0.3 is 5.97 Å². The Labute approximate surface area is 124 Å². The van der Waals surface area contributed by atoms with E-state index in [1.54, 1.807) is 5.38 Å². The standard InChI is InChI=1S/C12H11FN2O4S2/c1-19-11(16)6-9-7-20-12(14-9)15-21(17,18)10-4-2-3-8(13)5-10/h2-5,7H,6H2,1H3,(H,14,15). The zero-order chi connectivity index (χ0) is 15.5. The topological polar surface area (TPSA) is 85.4 Å². The smallest absolute Gasteiger partial charge is 0.311 e. The fraction of sp³-hybridized carbons (Fsp3) is 0.167. The number of nitrogens with zero attached hydrogens (tertiary/aromatic N) is 1. The van der Waals surface area contributed by atoms with E-state index < -0.39 is 21.8 Å². The molecule has 0 radical (unpaired) electrons. The first-order valence-corrected chi connectivity index (χ1v) is 8.06. The summed E-state index contributed by atoms with van der Waals surface area (Å²) < 4.78 is 43.9. The maximum absolute atomic E-state index is 13.1. The Hall–Kier alpha value is -2.00. The molecule has 0 amide bonds. The molecule has 1 aromatic heterocycles. The number of thiazole rings is 1. The minimum atomic E-state index is -3.91. The number of sulfonamides is 1. The van der Waals surface area contributed by atoms with Crippen LogP contribution in [-0.2, 0) is 26.0 Å². The minimum Gasteiger partial charge on any atom is -0.469 e. The molecule has 1 heterocycles. The lowest BCUT2D eigenvalue weighted by molar-refractivity contribution is -0.139. The normalized spacial score (nSPS) is 11.1. The Bertz CT molecular complexity index is 758. The lowest BCUT2D eigenvalue weighted by Gasteiger charge is -2.04. The third-order valence-electron chi connectivity index (χ3n) is 2.43. The number of ether oxygens (including phenoxy) is 1. The highest BCUT2D eigenvalue weighted by Gasteiger charge is 2.17. The molecule has 0 unspecified atom stereocenters. The predicted octanol–water partition coefficient (Wildman–Crippen LogP) is 1.80. The van der Waals surface area contributed by atoms with E-state index >= 15 is 0 Å². The Kier molecular flexibility index (Phi) is 4.53. The molecular weight excluding hydrogens is 319 g/mol. The molecule has 0 saturated carbocycles. The number of carbonyl (C=O) groups is 1. The molecule has 0 fully saturated rings. The van der Waals surface area contributed by atoms with Crippen molar-refractivity contribution in [2.75, 3.05) is 11.8 Å². The number of hydrogen-bond acceptors (Lipinski definition) is 6. The molecule has 9 heteroatoms. The fourth-order valence-corrected chi connectivity index (χ4v) is 3.46. The number of rotatable bonds is 5. The van der Waals surface area contributed by atoms with Gasteiger partial charge in [-0.25, -0.2) is 17.8 Å². The molecule has 2 aromatic rings. The molecule has 1 aromatic carbocycles. The second-order valence-corrected chi connectivity index (χ2v) is 6.50. The monoisotopic (exact) mass is 330 g/mol. The SMILES string of the molecule is COC(=O)Cc1csc(NS(=O)(=O)c2cccc(F)c2)n1. The number of anilines is 1. The molecule has 2 rings (SSSR count). The van der Waals surface area contributed by atoms with Gasteiger partial charge in [0.2, 0.25) is 0 Å². The first-order chi connectivity index (χ1) is 9.90. The van der Waals surface area contributed by atoms with E-state index in [4.69, 9.17) is 0 Å². The van der Waals surface area contributed by atoms with Gasteiger partial charge in [0.1, 0.15) is 5.82 Å². The second-order valence-electron chi connectivity index (χ2n) is 3.96. The third-order valence-corrected chi connectivity index (χ3v) is 4.71. The summed E-state index contributed by atoms with van der Waals surface area (Å²) in [5.74, 6) is -1.12. The van der Waals surface area contributed by atoms with E-state index in [2.05, 4.69) is 14.4 Å². The summed E-state index contributed by atoms with van der Waals surface area (Å²) in [5, 5.41) is 1.64. The maximum atomic E-state index is 13.1. The molecule has 1 N–H and O–H groups in total. The highest BCUT2D eigenvalue weighted by atomic mass is 32.2. The molecule has 0 saturated heterocycles. The van der Waals surface area contributed by atoms with Gasteiger partial charge in [0.25, 0.3) is 10.0 Å². The first-order valence-electron chi connectivity index (χ1n) is 5.70. The van der Waals surface area contributed by atoms with Gasteiger partial charge in [-0.1, -0.05) is 6.07 Å². The lowest BCUT2D eigenvalue weighted by atomic mass is 10.3. The molecule has 112 valence electrons. The number of nitrogens with one attached hydrogen (secondary N) is 1. The number of halogens is 1. The Balaban J connectivity index is 2.16. The van der Waals surface area contributed by atoms with Crippen molar-refractivity contribution in [1.82, 2.24) is 4.98 Å². The quantitative estimate of drug-likeness (QED) is 0.845. The van der Waals surface area contributed by atoms with Crippen LogP contribution in [0.4, 0.5) is 9.52 Å². The fourth-order valence-electron chi connectivity index (χ4n) is 1.46. The van der Waals surface area contributed by atoms with E-state index in [1.807, 2.05) is 0 Å². The highest BCUT2D eigenvalue weighted by molar-refractivity contribution is 7.93. The van der Waals surface area contributed by atoms with Crippen LogP contribution in [0.1, 0.15) is 5.69 Å². The van der Waals surface area contributed by atoms with Crippen LogP contribution in [-0.4, -0.2) is 26.5 Å². The van der Waals surface area contributed by atoms with Crippen molar-refractivity contribution in [2.24, 2.45) is 0 Å². The van der Waals surface area contributed by atoms with Crippen molar-refractivity contribution in [1.29, 1.82) is 0 Å². The highest BCUT2D eigenvalue weighted by Crippen LogP contribution is 2.21. The minimum absolute atomic E-state index is 0.0469. The van der Waals surface area contributed by atoms with E-state index in [9.17, 15) is 17.6 Å². The lowest BCUT2D eigenvalue weighted by Crippen LogP contribution is -2.13. The number of methoxy groups -OCH3 is 1. The summed E-state index contributed by atoms with van der Waals surface area (Å²) in [6.45, 7) is 0. The van der Waals surface area contributed by atoms with Crippen molar-refractivity contribution in [3.63, 3.8) is 0 Å². The second kappa shape index (κ2) is 6.19. The number of carbonyl (C=O) groups excluding carboxylic acids is 1. The molecule has 0 atom stereocenters. The summed E-state index contributed by atoms with van der Waals surface area (Å²) in [7, 11) is -2.66. The summed E-state index contributed by atoms with van der Waals surface area (Å²) in [4.78, 5) is 14.9. The number of esters is 1. The molecule has 0 aliphatic rings. The van der Waals surface area contributed by atoms with E-state index in [1.165, 1.54) is 19.2 Å². The summed E-state index contributed by atoms with van der Waals surface area (Å²) in [5.41, 5.74) is 0.392. The van der Waals surface area contributed by atoms with Gasteiger partial charge in [0.05, 0.1) is 24.1 Å². The average molecular weight is 330 g/mol. The van der Waals surface area contributed by atoms with Crippen LogP contribution in [0.25, 0.3) is 0 Å². The van der Waals surface area contributed by atoms with Crippen molar-refractivity contribution in [3.05, 3.63) is 41.2 Å². The molecule has 21 heavy (non-hydrogen) atoms. The zero-order valence-corrected chi connectivity index (χ0v) is 12.5. The van der Waals surface area contributed by atoms with Gasteiger partial charge in [-0.15, -0.1) is 11.3 Å². The number of benzene rings is 1. The van der Waals surface area contributed by atoms with Crippen LogP contribution >= 0.6 is 11.3 Å².